The van der Waals surface area contributed by atoms with E-state index < -0.39 is 12.1 Å². The van der Waals surface area contributed by atoms with Crippen molar-refractivity contribution in [3.8, 4) is 0 Å². The summed E-state index contributed by atoms with van der Waals surface area (Å²) in [7, 11) is 0. The van der Waals surface area contributed by atoms with Crippen LogP contribution in [0.15, 0.2) is 17.5 Å². The summed E-state index contributed by atoms with van der Waals surface area (Å²) < 4.78 is 0. The molecule has 1 rings (SSSR count). The summed E-state index contributed by atoms with van der Waals surface area (Å²) >= 11 is 1.65. The predicted molar refractivity (Wildman–Crippen MR) is 58.9 cm³/mol. The lowest BCUT2D eigenvalue weighted by Crippen LogP contribution is -2.26. The second-order valence-electron chi connectivity index (χ2n) is 3.30. The smallest absolute Gasteiger partial charge is 0.303 e. The molecule has 5 heteroatoms. The van der Waals surface area contributed by atoms with Gasteiger partial charge < -0.3 is 15.5 Å². The Morgan fingerprint density at radius 2 is 2.40 bits per heavy atom. The molecule has 0 aliphatic carbocycles. The number of carboxylic acid groups (broad SMARTS) is 1. The number of aliphatic hydroxyl groups is 1. The highest BCUT2D eigenvalue weighted by Crippen LogP contribution is 2.07. The number of hydrogen-bond donors (Lipinski definition) is 3. The quantitative estimate of drug-likeness (QED) is 0.654. The second-order valence-corrected chi connectivity index (χ2v) is 4.33. The zero-order valence-corrected chi connectivity index (χ0v) is 9.17. The first kappa shape index (κ1) is 12.2. The van der Waals surface area contributed by atoms with Crippen LogP contribution in [0.25, 0.3) is 0 Å². The van der Waals surface area contributed by atoms with Crippen LogP contribution in [-0.2, 0) is 11.3 Å². The highest BCUT2D eigenvalue weighted by atomic mass is 32.1. The summed E-state index contributed by atoms with van der Waals surface area (Å²) in [5.41, 5.74) is 0. The lowest BCUT2D eigenvalue weighted by atomic mass is 10.2. The van der Waals surface area contributed by atoms with Crippen molar-refractivity contribution >= 4 is 17.3 Å². The Morgan fingerprint density at radius 1 is 1.60 bits per heavy atom. The number of thiophene rings is 1. The van der Waals surface area contributed by atoms with Gasteiger partial charge in [-0.15, -0.1) is 11.3 Å². The molecular weight excluding hydrogens is 214 g/mol. The number of nitrogens with one attached hydrogen (secondary N) is 1. The average molecular weight is 229 g/mol. The first-order valence-electron chi connectivity index (χ1n) is 4.81. The maximum absolute atomic E-state index is 10.2. The van der Waals surface area contributed by atoms with Crippen molar-refractivity contribution in [2.24, 2.45) is 0 Å². The van der Waals surface area contributed by atoms with Gasteiger partial charge in [0.1, 0.15) is 0 Å². The molecule has 15 heavy (non-hydrogen) atoms. The molecule has 1 aromatic heterocycles. The van der Waals surface area contributed by atoms with Crippen molar-refractivity contribution in [3.05, 3.63) is 22.4 Å². The molecule has 0 radical (unpaired) electrons. The fraction of sp³-hybridized carbons (Fsp3) is 0.500. The molecule has 0 spiro atoms. The lowest BCUT2D eigenvalue weighted by Gasteiger charge is -2.09. The molecule has 0 saturated heterocycles. The first-order valence-corrected chi connectivity index (χ1v) is 5.69. The maximum atomic E-state index is 10.2. The topological polar surface area (TPSA) is 69.6 Å². The van der Waals surface area contributed by atoms with Gasteiger partial charge in [0.25, 0.3) is 0 Å². The van der Waals surface area contributed by atoms with Crippen LogP contribution in [0.1, 0.15) is 17.7 Å². The molecular formula is C10H15NO3S. The fourth-order valence-corrected chi connectivity index (χ4v) is 1.84. The van der Waals surface area contributed by atoms with E-state index in [0.29, 0.717) is 13.0 Å². The minimum Gasteiger partial charge on any atom is -0.481 e. The molecule has 0 fully saturated rings. The summed E-state index contributed by atoms with van der Waals surface area (Å²) in [5, 5.41) is 22.9. The van der Waals surface area contributed by atoms with E-state index in [2.05, 4.69) is 5.32 Å². The Morgan fingerprint density at radius 3 is 3.00 bits per heavy atom. The third-order valence-electron chi connectivity index (χ3n) is 1.95. The van der Waals surface area contributed by atoms with E-state index in [1.807, 2.05) is 17.5 Å². The van der Waals surface area contributed by atoms with E-state index in [4.69, 9.17) is 5.11 Å². The SMILES string of the molecule is O=C(O)CCC(O)CNCc1cccs1. The van der Waals surface area contributed by atoms with Gasteiger partial charge in [0.05, 0.1) is 6.10 Å². The standard InChI is InChI=1S/C10H15NO3S/c12-8(3-4-10(13)14)6-11-7-9-2-1-5-15-9/h1-2,5,8,11-12H,3-4,6-7H2,(H,13,14). The number of carboxylic acids is 1. The van der Waals surface area contributed by atoms with Crippen molar-refractivity contribution in [2.45, 2.75) is 25.5 Å². The molecule has 1 unspecified atom stereocenters. The molecule has 0 aromatic carbocycles. The van der Waals surface area contributed by atoms with Gasteiger partial charge in [-0.2, -0.15) is 0 Å². The molecule has 1 aromatic rings. The monoisotopic (exact) mass is 229 g/mol. The van der Waals surface area contributed by atoms with E-state index in [1.165, 1.54) is 4.88 Å². The summed E-state index contributed by atoms with van der Waals surface area (Å²) in [5.74, 6) is -0.868. The summed E-state index contributed by atoms with van der Waals surface area (Å²) in [6.07, 6.45) is -0.268. The van der Waals surface area contributed by atoms with Gasteiger partial charge in [-0.25, -0.2) is 0 Å². The molecule has 4 nitrogen and oxygen atoms in total. The molecule has 1 atom stereocenters. The number of aliphatic carboxylic acids is 1. The third kappa shape index (κ3) is 5.51. The summed E-state index contributed by atoms with van der Waals surface area (Å²) in [6, 6.07) is 3.99. The van der Waals surface area contributed by atoms with Gasteiger partial charge in [0.15, 0.2) is 0 Å². The fourth-order valence-electron chi connectivity index (χ4n) is 1.17. The number of carbonyl (C=O) groups is 1. The van der Waals surface area contributed by atoms with E-state index >= 15 is 0 Å². The first-order chi connectivity index (χ1) is 7.18. The van der Waals surface area contributed by atoms with Crippen molar-refractivity contribution in [2.75, 3.05) is 6.54 Å². The third-order valence-corrected chi connectivity index (χ3v) is 2.83. The Kier molecular flexibility index (Phi) is 5.31. The predicted octanol–water partition coefficient (Wildman–Crippen LogP) is 1.06. The number of aliphatic hydroxyl groups excluding tert-OH is 1. The molecule has 84 valence electrons. The van der Waals surface area contributed by atoms with Crippen LogP contribution in [0, 0.1) is 0 Å². The van der Waals surface area contributed by atoms with Crippen LogP contribution in [-0.4, -0.2) is 28.8 Å². The highest BCUT2D eigenvalue weighted by Gasteiger charge is 2.06. The number of hydrogen-bond acceptors (Lipinski definition) is 4. The van der Waals surface area contributed by atoms with E-state index in [0.717, 1.165) is 6.54 Å². The van der Waals surface area contributed by atoms with E-state index in [9.17, 15) is 9.90 Å². The zero-order valence-electron chi connectivity index (χ0n) is 8.35. The minimum atomic E-state index is -0.868. The van der Waals surface area contributed by atoms with E-state index in [-0.39, 0.29) is 6.42 Å². The lowest BCUT2D eigenvalue weighted by molar-refractivity contribution is -0.137. The number of rotatable bonds is 7. The molecule has 3 N–H and O–H groups in total. The Bertz CT molecular complexity index is 287. The van der Waals surface area contributed by atoms with Gasteiger partial charge in [0, 0.05) is 24.4 Å². The molecule has 0 bridgehead atoms. The van der Waals surface area contributed by atoms with Crippen molar-refractivity contribution < 1.29 is 15.0 Å². The molecule has 0 aliphatic heterocycles. The van der Waals surface area contributed by atoms with Crippen LogP contribution in [0.2, 0.25) is 0 Å². The Labute approximate surface area is 92.6 Å². The van der Waals surface area contributed by atoms with Crippen molar-refractivity contribution in [3.63, 3.8) is 0 Å². The van der Waals surface area contributed by atoms with Gasteiger partial charge in [0.2, 0.25) is 0 Å². The zero-order chi connectivity index (χ0) is 11.1. The molecule has 1 heterocycles. The van der Waals surface area contributed by atoms with E-state index in [1.54, 1.807) is 11.3 Å². The maximum Gasteiger partial charge on any atom is 0.303 e. The summed E-state index contributed by atoms with van der Waals surface area (Å²) in [6.45, 7) is 1.16. The Hall–Kier alpha value is -0.910. The van der Waals surface area contributed by atoms with Crippen molar-refractivity contribution in [1.82, 2.24) is 5.32 Å². The van der Waals surface area contributed by atoms with Crippen LogP contribution in [0.5, 0.6) is 0 Å². The normalized spacial score (nSPS) is 12.6. The van der Waals surface area contributed by atoms with Crippen LogP contribution >= 0.6 is 11.3 Å². The van der Waals surface area contributed by atoms with Crippen LogP contribution < -0.4 is 5.32 Å². The minimum absolute atomic E-state index is 0.0157. The molecule has 0 aliphatic rings. The van der Waals surface area contributed by atoms with Gasteiger partial charge in [-0.3, -0.25) is 4.79 Å². The van der Waals surface area contributed by atoms with Crippen LogP contribution in [0.3, 0.4) is 0 Å². The highest BCUT2D eigenvalue weighted by molar-refractivity contribution is 7.09. The second kappa shape index (κ2) is 6.55. The summed E-state index contributed by atoms with van der Waals surface area (Å²) in [4.78, 5) is 11.4. The van der Waals surface area contributed by atoms with Gasteiger partial charge in [-0.1, -0.05) is 6.07 Å². The Balaban J connectivity index is 2.06. The largest absolute Gasteiger partial charge is 0.481 e. The van der Waals surface area contributed by atoms with Crippen LogP contribution in [0.4, 0.5) is 0 Å². The van der Waals surface area contributed by atoms with Gasteiger partial charge >= 0.3 is 5.97 Å². The molecule has 0 amide bonds. The van der Waals surface area contributed by atoms with Crippen molar-refractivity contribution in [1.29, 1.82) is 0 Å². The molecule has 0 saturated carbocycles. The van der Waals surface area contributed by atoms with Gasteiger partial charge in [-0.05, 0) is 17.9 Å². The average Bonchev–Trinajstić information content (AvgIpc) is 2.67.